The van der Waals surface area contributed by atoms with E-state index in [9.17, 15) is 19.8 Å². The lowest BCUT2D eigenvalue weighted by atomic mass is 9.98. The molecule has 0 fully saturated rings. The molecule has 8 nitrogen and oxygen atoms in total. The molecule has 4 aromatic rings. The Morgan fingerprint density at radius 3 is 2.54 bits per heavy atom. The number of hydrogen-bond acceptors (Lipinski definition) is 7. The number of phenolic OH excluding ortho intramolecular Hbond substituents is 1. The van der Waals surface area contributed by atoms with Crippen molar-refractivity contribution in [2.24, 2.45) is 0 Å². The number of ether oxygens (including phenoxy) is 1. The first-order chi connectivity index (χ1) is 16.9. The first kappa shape index (κ1) is 24.0. The topological polar surface area (TPSA) is 126 Å². The zero-order valence-corrected chi connectivity index (χ0v) is 19.4. The number of aliphatic hydroxyl groups is 1. The number of benzene rings is 3. The summed E-state index contributed by atoms with van der Waals surface area (Å²) in [5.74, 6) is -0.0748. The van der Waals surface area contributed by atoms with Crippen LogP contribution in [-0.2, 0) is 13.0 Å². The summed E-state index contributed by atoms with van der Waals surface area (Å²) in [5, 5.41) is 25.2. The highest BCUT2D eigenvalue weighted by atomic mass is 16.5. The minimum atomic E-state index is -0.914. The van der Waals surface area contributed by atoms with Crippen molar-refractivity contribution in [1.29, 1.82) is 0 Å². The first-order valence-electron chi connectivity index (χ1n) is 11.3. The molecule has 0 spiro atoms. The monoisotopic (exact) mass is 474 g/mol. The summed E-state index contributed by atoms with van der Waals surface area (Å²) < 4.78 is 10.6. The molecule has 1 aromatic heterocycles. The van der Waals surface area contributed by atoms with E-state index < -0.39 is 11.9 Å². The normalized spacial score (nSPS) is 11.9. The van der Waals surface area contributed by atoms with Crippen LogP contribution in [0.3, 0.4) is 0 Å². The van der Waals surface area contributed by atoms with E-state index in [0.29, 0.717) is 34.4 Å². The Labute approximate surface area is 201 Å². The second kappa shape index (κ2) is 10.4. The van der Waals surface area contributed by atoms with E-state index in [1.54, 1.807) is 36.4 Å². The minimum absolute atomic E-state index is 0.0330. The highest BCUT2D eigenvalue weighted by molar-refractivity contribution is 5.97. The molecule has 0 saturated heterocycles. The molecule has 0 aliphatic heterocycles. The number of Topliss-reactive ketones (excluding diaryl/α,β-unsaturated/α-hetero) is 1. The van der Waals surface area contributed by atoms with Gasteiger partial charge >= 0.3 is 5.76 Å². The molecule has 180 valence electrons. The summed E-state index contributed by atoms with van der Waals surface area (Å²) in [6.07, 6.45) is 0.450. The molecular weight excluding hydrogens is 448 g/mol. The van der Waals surface area contributed by atoms with Crippen LogP contribution < -0.4 is 10.5 Å². The van der Waals surface area contributed by atoms with E-state index in [4.69, 9.17) is 4.74 Å². The van der Waals surface area contributed by atoms with Crippen molar-refractivity contribution in [2.75, 3.05) is 0 Å². The molecule has 35 heavy (non-hydrogen) atoms. The van der Waals surface area contributed by atoms with Gasteiger partial charge < -0.3 is 14.9 Å². The van der Waals surface area contributed by atoms with Gasteiger partial charge in [0.15, 0.2) is 11.6 Å². The number of H-pyrrole nitrogens is 1. The van der Waals surface area contributed by atoms with Crippen LogP contribution >= 0.6 is 0 Å². The predicted molar refractivity (Wildman–Crippen MR) is 130 cm³/mol. The summed E-state index contributed by atoms with van der Waals surface area (Å²) in [7, 11) is 0. The number of aromatic hydroxyl groups is 1. The van der Waals surface area contributed by atoms with Crippen LogP contribution in [0.4, 0.5) is 0 Å². The van der Waals surface area contributed by atoms with Gasteiger partial charge in [0.1, 0.15) is 24.2 Å². The molecule has 1 heterocycles. The molecule has 0 amide bonds. The van der Waals surface area contributed by atoms with Gasteiger partial charge in [-0.2, -0.15) is 0 Å². The second-order valence-electron chi connectivity index (χ2n) is 8.25. The van der Waals surface area contributed by atoms with Crippen molar-refractivity contribution in [3.63, 3.8) is 0 Å². The standard InChI is InChI=1S/C27H26N2O6/c1-3-6-22-23(12-11-21(16(2)30)25(22)32)34-15-17-7-4-8-18(13-17)24(31)19-9-5-10-20(14-19)26-28-27(33)35-29-26/h4-5,7-14,24,31-32H,3,6,15H2,1-2H3,(H,28,29,33). The third-order valence-corrected chi connectivity index (χ3v) is 5.70. The Balaban J connectivity index is 1.54. The van der Waals surface area contributed by atoms with Crippen molar-refractivity contribution in [3.8, 4) is 22.9 Å². The Hall–Kier alpha value is -4.17. The summed E-state index contributed by atoms with van der Waals surface area (Å²) in [5.41, 5.74) is 3.63. The number of carbonyl (C=O) groups is 1. The third-order valence-electron chi connectivity index (χ3n) is 5.70. The van der Waals surface area contributed by atoms with Crippen molar-refractivity contribution in [2.45, 2.75) is 39.4 Å². The van der Waals surface area contributed by atoms with E-state index in [-0.39, 0.29) is 29.5 Å². The number of nitrogens with one attached hydrogen (secondary N) is 1. The Kier molecular flexibility index (Phi) is 7.12. The van der Waals surface area contributed by atoms with Gasteiger partial charge in [0.05, 0.1) is 5.56 Å². The number of aromatic amines is 1. The third kappa shape index (κ3) is 5.33. The number of rotatable bonds is 9. The fourth-order valence-corrected chi connectivity index (χ4v) is 3.95. The Morgan fingerprint density at radius 1 is 1.11 bits per heavy atom. The van der Waals surface area contributed by atoms with Crippen molar-refractivity contribution in [1.82, 2.24) is 10.1 Å². The summed E-state index contributed by atoms with van der Waals surface area (Å²) in [4.78, 5) is 25.5. The van der Waals surface area contributed by atoms with Gasteiger partial charge in [-0.25, -0.2) is 4.79 Å². The van der Waals surface area contributed by atoms with Gasteiger partial charge in [-0.1, -0.05) is 54.9 Å². The van der Waals surface area contributed by atoms with E-state index in [1.807, 2.05) is 31.2 Å². The van der Waals surface area contributed by atoms with Gasteiger partial charge in [0.2, 0.25) is 0 Å². The van der Waals surface area contributed by atoms with Crippen LogP contribution in [-0.4, -0.2) is 26.1 Å². The summed E-state index contributed by atoms with van der Waals surface area (Å²) in [6.45, 7) is 3.63. The lowest BCUT2D eigenvalue weighted by Gasteiger charge is -2.16. The van der Waals surface area contributed by atoms with Crippen molar-refractivity contribution >= 4 is 5.78 Å². The highest BCUT2D eigenvalue weighted by Crippen LogP contribution is 2.34. The van der Waals surface area contributed by atoms with Gasteiger partial charge in [0, 0.05) is 11.1 Å². The fourth-order valence-electron chi connectivity index (χ4n) is 3.95. The average molecular weight is 475 g/mol. The SMILES string of the molecule is CCCc1c(OCc2cccc(C(O)c3cccc(-c4noc(=O)[nH]4)c3)c2)ccc(C(C)=O)c1O. The molecular formula is C27H26N2O6. The lowest BCUT2D eigenvalue weighted by molar-refractivity contribution is 0.101. The molecule has 3 N–H and O–H groups in total. The van der Waals surface area contributed by atoms with Crippen LogP contribution in [0.5, 0.6) is 11.5 Å². The van der Waals surface area contributed by atoms with Crippen LogP contribution in [0.25, 0.3) is 11.4 Å². The Morgan fingerprint density at radius 2 is 1.86 bits per heavy atom. The highest BCUT2D eigenvalue weighted by Gasteiger charge is 2.17. The number of aliphatic hydroxyl groups excluding tert-OH is 1. The van der Waals surface area contributed by atoms with Gasteiger partial charge in [0.25, 0.3) is 0 Å². The number of ketones is 1. The molecule has 0 aliphatic carbocycles. The molecule has 4 rings (SSSR count). The van der Waals surface area contributed by atoms with Crippen LogP contribution in [0.2, 0.25) is 0 Å². The quantitative estimate of drug-likeness (QED) is 0.304. The minimum Gasteiger partial charge on any atom is -0.507 e. The Bertz CT molecular complexity index is 1400. The largest absolute Gasteiger partial charge is 0.507 e. The van der Waals surface area contributed by atoms with Crippen molar-refractivity contribution in [3.05, 3.63) is 99.0 Å². The number of aromatic nitrogens is 2. The molecule has 1 unspecified atom stereocenters. The predicted octanol–water partition coefficient (Wildman–Crippen LogP) is 4.55. The maximum atomic E-state index is 11.8. The van der Waals surface area contributed by atoms with Gasteiger partial charge in [-0.05, 0) is 54.3 Å². The zero-order valence-electron chi connectivity index (χ0n) is 19.4. The van der Waals surface area contributed by atoms with Gasteiger partial charge in [-0.15, -0.1) is 0 Å². The first-order valence-corrected chi connectivity index (χ1v) is 11.3. The summed E-state index contributed by atoms with van der Waals surface area (Å²) >= 11 is 0. The van der Waals surface area contributed by atoms with E-state index in [1.165, 1.54) is 6.92 Å². The molecule has 3 aromatic carbocycles. The van der Waals surface area contributed by atoms with E-state index in [2.05, 4.69) is 14.7 Å². The fraction of sp³-hybridized carbons (Fsp3) is 0.222. The van der Waals surface area contributed by atoms with E-state index in [0.717, 1.165) is 12.0 Å². The average Bonchev–Trinajstić information content (AvgIpc) is 3.30. The maximum Gasteiger partial charge on any atom is 0.439 e. The second-order valence-corrected chi connectivity index (χ2v) is 8.25. The number of hydrogen-bond donors (Lipinski definition) is 3. The zero-order chi connectivity index (χ0) is 24.9. The van der Waals surface area contributed by atoms with Crippen LogP contribution in [0.1, 0.15) is 59.0 Å². The molecule has 1 atom stereocenters. The molecule has 0 saturated carbocycles. The maximum absolute atomic E-state index is 11.8. The molecule has 0 radical (unpaired) electrons. The molecule has 0 bridgehead atoms. The number of carbonyl (C=O) groups excluding carboxylic acids is 1. The number of nitrogens with zero attached hydrogens (tertiary/aromatic N) is 1. The number of phenols is 1. The van der Waals surface area contributed by atoms with E-state index >= 15 is 0 Å². The molecule has 8 heteroatoms. The molecule has 0 aliphatic rings. The van der Waals surface area contributed by atoms with Crippen LogP contribution in [0.15, 0.2) is 70.0 Å². The van der Waals surface area contributed by atoms with Crippen molar-refractivity contribution < 1.29 is 24.3 Å². The lowest BCUT2D eigenvalue weighted by Crippen LogP contribution is -2.04. The summed E-state index contributed by atoms with van der Waals surface area (Å²) in [6, 6.07) is 17.7. The van der Waals surface area contributed by atoms with Gasteiger partial charge in [-0.3, -0.25) is 14.3 Å². The van der Waals surface area contributed by atoms with Crippen LogP contribution in [0, 0.1) is 0 Å². The smallest absolute Gasteiger partial charge is 0.439 e.